The summed E-state index contributed by atoms with van der Waals surface area (Å²) in [5.74, 6) is 0. The summed E-state index contributed by atoms with van der Waals surface area (Å²) in [5.41, 5.74) is 2.02. The first kappa shape index (κ1) is 11.6. The van der Waals surface area contributed by atoms with Crippen molar-refractivity contribution in [2.75, 3.05) is 0 Å². The van der Waals surface area contributed by atoms with E-state index < -0.39 is 0 Å². The molecule has 1 aromatic rings. The number of hydrogen-bond donors (Lipinski definition) is 0. The van der Waals surface area contributed by atoms with Gasteiger partial charge in [-0.3, -0.25) is 9.98 Å². The van der Waals surface area contributed by atoms with Crippen LogP contribution >= 0.6 is 0 Å². The Hall–Kier alpha value is -1.44. The molecule has 2 nitrogen and oxygen atoms in total. The van der Waals surface area contributed by atoms with Gasteiger partial charge in [-0.1, -0.05) is 26.5 Å². The van der Waals surface area contributed by atoms with Crippen molar-refractivity contribution >= 4 is 6.21 Å². The van der Waals surface area contributed by atoms with Gasteiger partial charge in [0.15, 0.2) is 0 Å². The second-order valence-corrected chi connectivity index (χ2v) is 2.17. The molecule has 0 aromatic carbocycles. The normalized spacial score (nSPS) is 9.15. The van der Waals surface area contributed by atoms with Gasteiger partial charge in [0.2, 0.25) is 0 Å². The minimum atomic E-state index is 0.896. The standard InChI is InChI=1S/C9H10N2.C2H6/c1-3-10-7-9-8(2)5-4-6-11-9;1-2/h3-7H,1H2,2H3;1-2H3. The van der Waals surface area contributed by atoms with Crippen molar-refractivity contribution in [3.05, 3.63) is 42.4 Å². The summed E-state index contributed by atoms with van der Waals surface area (Å²) in [4.78, 5) is 8.00. The molecular formula is C11H16N2. The van der Waals surface area contributed by atoms with Crippen LogP contribution in [0.2, 0.25) is 0 Å². The summed E-state index contributed by atoms with van der Waals surface area (Å²) < 4.78 is 0. The lowest BCUT2D eigenvalue weighted by atomic mass is 10.2. The van der Waals surface area contributed by atoms with E-state index in [1.165, 1.54) is 6.20 Å². The van der Waals surface area contributed by atoms with E-state index >= 15 is 0 Å². The third-order valence-corrected chi connectivity index (χ3v) is 1.35. The van der Waals surface area contributed by atoms with Crippen LogP contribution in [0.1, 0.15) is 25.1 Å². The summed E-state index contributed by atoms with van der Waals surface area (Å²) in [5, 5.41) is 0. The average Bonchev–Trinajstić information content (AvgIpc) is 2.20. The van der Waals surface area contributed by atoms with Crippen molar-refractivity contribution in [3.8, 4) is 0 Å². The topological polar surface area (TPSA) is 25.2 Å². The zero-order valence-corrected chi connectivity index (χ0v) is 8.49. The molecule has 0 saturated carbocycles. The molecule has 70 valence electrons. The van der Waals surface area contributed by atoms with E-state index in [-0.39, 0.29) is 0 Å². The van der Waals surface area contributed by atoms with Crippen LogP contribution in [0.5, 0.6) is 0 Å². The fourth-order valence-corrected chi connectivity index (χ4v) is 0.756. The van der Waals surface area contributed by atoms with Crippen LogP contribution in [0.15, 0.2) is 36.1 Å². The van der Waals surface area contributed by atoms with Crippen LogP contribution in [-0.4, -0.2) is 11.2 Å². The van der Waals surface area contributed by atoms with E-state index in [0.717, 1.165) is 11.3 Å². The highest BCUT2D eigenvalue weighted by molar-refractivity contribution is 5.79. The smallest absolute Gasteiger partial charge is 0.0841 e. The zero-order chi connectivity index (χ0) is 10.1. The molecule has 0 aliphatic carbocycles. The Bertz CT molecular complexity index is 277. The highest BCUT2D eigenvalue weighted by atomic mass is 14.7. The summed E-state index contributed by atoms with van der Waals surface area (Å²) in [6.07, 6.45) is 4.94. The maximum absolute atomic E-state index is 4.12. The van der Waals surface area contributed by atoms with Gasteiger partial charge in [0.05, 0.1) is 11.9 Å². The molecule has 2 heteroatoms. The molecular weight excluding hydrogens is 160 g/mol. The Morgan fingerprint density at radius 1 is 1.46 bits per heavy atom. The minimum absolute atomic E-state index is 0.896. The predicted octanol–water partition coefficient (Wildman–Crippen LogP) is 2.98. The maximum atomic E-state index is 4.12. The molecule has 0 aliphatic heterocycles. The van der Waals surface area contributed by atoms with Gasteiger partial charge in [-0.05, 0) is 18.6 Å². The second kappa shape index (κ2) is 7.22. The highest BCUT2D eigenvalue weighted by Gasteiger charge is 1.91. The highest BCUT2D eigenvalue weighted by Crippen LogP contribution is 1.99. The van der Waals surface area contributed by atoms with Crippen molar-refractivity contribution in [2.24, 2.45) is 4.99 Å². The molecule has 0 radical (unpaired) electrons. The quantitative estimate of drug-likeness (QED) is 0.636. The van der Waals surface area contributed by atoms with Gasteiger partial charge in [0.25, 0.3) is 0 Å². The van der Waals surface area contributed by atoms with Crippen LogP contribution in [0.4, 0.5) is 0 Å². The number of pyridine rings is 1. The van der Waals surface area contributed by atoms with Crippen molar-refractivity contribution in [1.82, 2.24) is 4.98 Å². The number of hydrogen-bond acceptors (Lipinski definition) is 2. The monoisotopic (exact) mass is 176 g/mol. The van der Waals surface area contributed by atoms with Gasteiger partial charge >= 0.3 is 0 Å². The van der Waals surface area contributed by atoms with Crippen LogP contribution in [0.3, 0.4) is 0 Å². The average molecular weight is 176 g/mol. The van der Waals surface area contributed by atoms with E-state index in [1.54, 1.807) is 12.4 Å². The lowest BCUT2D eigenvalue weighted by Crippen LogP contribution is -1.89. The Kier molecular flexibility index (Phi) is 6.42. The number of nitrogens with zero attached hydrogens (tertiary/aromatic N) is 2. The SMILES string of the molecule is C=CN=Cc1ncccc1C.CC. The second-order valence-electron chi connectivity index (χ2n) is 2.17. The fourth-order valence-electron chi connectivity index (χ4n) is 0.756. The van der Waals surface area contributed by atoms with E-state index in [1.807, 2.05) is 32.9 Å². The molecule has 0 aliphatic rings. The first-order valence-corrected chi connectivity index (χ1v) is 4.40. The van der Waals surface area contributed by atoms with Gasteiger partial charge < -0.3 is 0 Å². The summed E-state index contributed by atoms with van der Waals surface area (Å²) in [7, 11) is 0. The molecule has 0 unspecified atom stereocenters. The summed E-state index contributed by atoms with van der Waals surface area (Å²) in [6.45, 7) is 9.48. The zero-order valence-electron chi connectivity index (χ0n) is 8.49. The largest absolute Gasteiger partial charge is 0.263 e. The Morgan fingerprint density at radius 2 is 2.15 bits per heavy atom. The molecule has 0 spiro atoms. The number of rotatable bonds is 2. The van der Waals surface area contributed by atoms with Crippen LogP contribution in [-0.2, 0) is 0 Å². The molecule has 0 saturated heterocycles. The molecule has 0 N–H and O–H groups in total. The Balaban J connectivity index is 0.000000671. The van der Waals surface area contributed by atoms with Crippen molar-refractivity contribution in [2.45, 2.75) is 20.8 Å². The number of aliphatic imine (C=N–C) groups is 1. The van der Waals surface area contributed by atoms with Gasteiger partial charge in [-0.25, -0.2) is 0 Å². The van der Waals surface area contributed by atoms with Gasteiger partial charge in [-0.15, -0.1) is 0 Å². The van der Waals surface area contributed by atoms with Crippen molar-refractivity contribution in [3.63, 3.8) is 0 Å². The van der Waals surface area contributed by atoms with Crippen molar-refractivity contribution < 1.29 is 0 Å². The third kappa shape index (κ3) is 4.21. The lowest BCUT2D eigenvalue weighted by Gasteiger charge is -1.94. The molecule has 1 rings (SSSR count). The van der Waals surface area contributed by atoms with Crippen LogP contribution < -0.4 is 0 Å². The van der Waals surface area contributed by atoms with E-state index in [2.05, 4.69) is 16.6 Å². The molecule has 0 atom stereocenters. The van der Waals surface area contributed by atoms with Gasteiger partial charge in [-0.2, -0.15) is 0 Å². The predicted molar refractivity (Wildman–Crippen MR) is 58.1 cm³/mol. The fraction of sp³-hybridized carbons (Fsp3) is 0.273. The maximum Gasteiger partial charge on any atom is 0.0841 e. The Labute approximate surface area is 80.1 Å². The van der Waals surface area contributed by atoms with Crippen molar-refractivity contribution in [1.29, 1.82) is 0 Å². The molecule has 1 heterocycles. The Morgan fingerprint density at radius 3 is 2.69 bits per heavy atom. The molecule has 13 heavy (non-hydrogen) atoms. The third-order valence-electron chi connectivity index (χ3n) is 1.35. The van der Waals surface area contributed by atoms with E-state index in [0.29, 0.717) is 0 Å². The first-order chi connectivity index (χ1) is 6.34. The lowest BCUT2D eigenvalue weighted by molar-refractivity contribution is 1.24. The molecule has 0 amide bonds. The minimum Gasteiger partial charge on any atom is -0.263 e. The van der Waals surface area contributed by atoms with Gasteiger partial charge in [0.1, 0.15) is 0 Å². The molecule has 1 aromatic heterocycles. The van der Waals surface area contributed by atoms with E-state index in [4.69, 9.17) is 0 Å². The summed E-state index contributed by atoms with van der Waals surface area (Å²) in [6, 6.07) is 3.90. The van der Waals surface area contributed by atoms with Crippen LogP contribution in [0, 0.1) is 6.92 Å². The molecule has 0 fully saturated rings. The van der Waals surface area contributed by atoms with Gasteiger partial charge in [0, 0.05) is 12.4 Å². The molecule has 0 bridgehead atoms. The number of aryl methyl sites for hydroxylation is 1. The number of aromatic nitrogens is 1. The van der Waals surface area contributed by atoms with Crippen LogP contribution in [0.25, 0.3) is 0 Å². The summed E-state index contributed by atoms with van der Waals surface area (Å²) >= 11 is 0. The van der Waals surface area contributed by atoms with E-state index in [9.17, 15) is 0 Å². The first-order valence-electron chi connectivity index (χ1n) is 4.40.